The van der Waals surface area contributed by atoms with Crippen LogP contribution >= 0.6 is 0 Å². The molecule has 2 aromatic carbocycles. The Morgan fingerprint density at radius 3 is 2.52 bits per heavy atom. The number of halogens is 2. The van der Waals surface area contributed by atoms with Gasteiger partial charge in [0.15, 0.2) is 11.6 Å². The highest BCUT2D eigenvalue weighted by Gasteiger charge is 2.30. The summed E-state index contributed by atoms with van der Waals surface area (Å²) in [6.45, 7) is 3.32. The van der Waals surface area contributed by atoms with Crippen LogP contribution in [0, 0.1) is 11.6 Å². The van der Waals surface area contributed by atoms with Crippen molar-refractivity contribution in [2.75, 3.05) is 4.90 Å². The van der Waals surface area contributed by atoms with Gasteiger partial charge in [0.1, 0.15) is 10.6 Å². The number of hydrogen-bond acceptors (Lipinski definition) is 4. The van der Waals surface area contributed by atoms with Gasteiger partial charge >= 0.3 is 10.1 Å². The summed E-state index contributed by atoms with van der Waals surface area (Å²) in [5.74, 6) is -2.74. The van der Waals surface area contributed by atoms with Crippen LogP contribution in [-0.2, 0) is 21.3 Å². The molecule has 1 atom stereocenters. The molecular formula is C17H15F2NO4S. The van der Waals surface area contributed by atoms with Crippen LogP contribution in [0.25, 0.3) is 0 Å². The number of rotatable bonds is 3. The Labute approximate surface area is 144 Å². The van der Waals surface area contributed by atoms with Crippen molar-refractivity contribution in [3.05, 3.63) is 53.6 Å². The van der Waals surface area contributed by atoms with Crippen LogP contribution < -0.4 is 9.08 Å². The summed E-state index contributed by atoms with van der Waals surface area (Å²) >= 11 is 0. The molecule has 0 aliphatic carbocycles. The molecule has 1 aliphatic rings. The minimum absolute atomic E-state index is 0.0717. The van der Waals surface area contributed by atoms with Gasteiger partial charge in [0.05, 0.1) is 0 Å². The number of fused-ring (bicyclic) bond motifs is 1. The minimum Gasteiger partial charge on any atom is -0.379 e. The quantitative estimate of drug-likeness (QED) is 0.783. The predicted octanol–water partition coefficient (Wildman–Crippen LogP) is 3.03. The van der Waals surface area contributed by atoms with E-state index >= 15 is 0 Å². The van der Waals surface area contributed by atoms with Crippen molar-refractivity contribution in [2.45, 2.75) is 31.2 Å². The zero-order valence-corrected chi connectivity index (χ0v) is 14.3. The molecule has 0 aromatic heterocycles. The van der Waals surface area contributed by atoms with Crippen LogP contribution in [0.15, 0.2) is 41.3 Å². The standard InChI is InChI=1S/C17H15F2NO4S/c1-10-7-12-8-14(4-6-17(12)20(10)11(2)21)25(22,23)24-13-3-5-15(18)16(19)9-13/h3-6,8-10H,7H2,1-2H3. The molecule has 5 nitrogen and oxygen atoms in total. The molecule has 1 amide bonds. The van der Waals surface area contributed by atoms with Gasteiger partial charge in [-0.25, -0.2) is 8.78 Å². The van der Waals surface area contributed by atoms with Gasteiger partial charge in [0.25, 0.3) is 0 Å². The number of carbonyl (C=O) groups is 1. The van der Waals surface area contributed by atoms with Crippen LogP contribution in [0.3, 0.4) is 0 Å². The molecule has 1 heterocycles. The Bertz CT molecular complexity index is 959. The lowest BCUT2D eigenvalue weighted by Crippen LogP contribution is -2.33. The molecule has 0 radical (unpaired) electrons. The van der Waals surface area contributed by atoms with E-state index in [1.54, 1.807) is 11.0 Å². The lowest BCUT2D eigenvalue weighted by molar-refractivity contribution is -0.116. The minimum atomic E-state index is -4.21. The van der Waals surface area contributed by atoms with Crippen molar-refractivity contribution < 1.29 is 26.2 Å². The Balaban J connectivity index is 1.93. The van der Waals surface area contributed by atoms with Crippen molar-refractivity contribution in [3.8, 4) is 5.75 Å². The average Bonchev–Trinajstić information content (AvgIpc) is 2.85. The van der Waals surface area contributed by atoms with E-state index in [9.17, 15) is 22.0 Å². The molecule has 3 rings (SSSR count). The summed E-state index contributed by atoms with van der Waals surface area (Å²) in [6, 6.07) is 6.71. The van der Waals surface area contributed by atoms with Crippen LogP contribution in [0.1, 0.15) is 19.4 Å². The predicted molar refractivity (Wildman–Crippen MR) is 86.9 cm³/mol. The summed E-state index contributed by atoms with van der Waals surface area (Å²) in [4.78, 5) is 13.2. The number of nitrogens with zero attached hydrogens (tertiary/aromatic N) is 1. The molecule has 0 bridgehead atoms. The highest BCUT2D eigenvalue weighted by Crippen LogP contribution is 2.34. The van der Waals surface area contributed by atoms with Crippen LogP contribution in [-0.4, -0.2) is 20.4 Å². The fraction of sp³-hybridized carbons (Fsp3) is 0.235. The number of benzene rings is 2. The van der Waals surface area contributed by atoms with Crippen LogP contribution in [0.5, 0.6) is 5.75 Å². The zero-order chi connectivity index (χ0) is 18.4. The fourth-order valence-corrected chi connectivity index (χ4v) is 3.92. The second-order valence-electron chi connectivity index (χ2n) is 5.85. The Morgan fingerprint density at radius 2 is 1.88 bits per heavy atom. The highest BCUT2D eigenvalue weighted by atomic mass is 32.2. The molecule has 0 saturated carbocycles. The van der Waals surface area contributed by atoms with Gasteiger partial charge in [-0.3, -0.25) is 4.79 Å². The highest BCUT2D eigenvalue weighted by molar-refractivity contribution is 7.87. The SMILES string of the molecule is CC(=O)N1c2ccc(S(=O)(=O)Oc3ccc(F)c(F)c3)cc2CC1C. The molecule has 132 valence electrons. The summed E-state index contributed by atoms with van der Waals surface area (Å²) in [5, 5.41) is 0. The number of carbonyl (C=O) groups excluding carboxylic acids is 1. The smallest absolute Gasteiger partial charge is 0.339 e. The molecule has 25 heavy (non-hydrogen) atoms. The molecule has 0 saturated heterocycles. The van der Waals surface area contributed by atoms with Crippen LogP contribution in [0.4, 0.5) is 14.5 Å². The molecule has 1 unspecified atom stereocenters. The summed E-state index contributed by atoms with van der Waals surface area (Å²) in [5.41, 5.74) is 1.37. The van der Waals surface area contributed by atoms with Gasteiger partial charge in [-0.15, -0.1) is 0 Å². The third kappa shape index (κ3) is 3.21. The monoisotopic (exact) mass is 367 g/mol. The summed E-state index contributed by atoms with van der Waals surface area (Å²) in [7, 11) is -4.21. The van der Waals surface area contributed by atoms with Gasteiger partial charge < -0.3 is 9.08 Å². The third-order valence-electron chi connectivity index (χ3n) is 3.99. The van der Waals surface area contributed by atoms with E-state index in [0.717, 1.165) is 12.1 Å². The summed E-state index contributed by atoms with van der Waals surface area (Å²) < 4.78 is 55.8. The third-order valence-corrected chi connectivity index (χ3v) is 5.23. The molecule has 0 spiro atoms. The maximum atomic E-state index is 13.2. The number of anilines is 1. The second kappa shape index (κ2) is 6.11. The molecule has 2 aromatic rings. The average molecular weight is 367 g/mol. The number of amides is 1. The Hall–Kier alpha value is -2.48. The van der Waals surface area contributed by atoms with Gasteiger partial charge in [-0.05, 0) is 49.2 Å². The van der Waals surface area contributed by atoms with E-state index in [0.29, 0.717) is 23.7 Å². The number of hydrogen-bond donors (Lipinski definition) is 0. The second-order valence-corrected chi connectivity index (χ2v) is 7.39. The topological polar surface area (TPSA) is 63.7 Å². The molecule has 0 N–H and O–H groups in total. The summed E-state index contributed by atoms with van der Waals surface area (Å²) in [6.07, 6.45) is 0.517. The van der Waals surface area contributed by atoms with E-state index < -0.39 is 21.8 Å². The first-order chi connectivity index (χ1) is 11.7. The lowest BCUT2D eigenvalue weighted by Gasteiger charge is -2.20. The molecular weight excluding hydrogens is 352 g/mol. The van der Waals surface area contributed by atoms with Crippen molar-refractivity contribution in [2.24, 2.45) is 0 Å². The first kappa shape index (κ1) is 17.3. The van der Waals surface area contributed by atoms with Crippen LogP contribution in [0.2, 0.25) is 0 Å². The zero-order valence-electron chi connectivity index (χ0n) is 13.5. The van der Waals surface area contributed by atoms with Crippen molar-refractivity contribution >= 4 is 21.7 Å². The maximum Gasteiger partial charge on any atom is 0.339 e. The Morgan fingerprint density at radius 1 is 1.16 bits per heavy atom. The normalized spacial score (nSPS) is 16.6. The fourth-order valence-electron chi connectivity index (χ4n) is 2.95. The van der Waals surface area contributed by atoms with E-state index in [4.69, 9.17) is 4.18 Å². The van der Waals surface area contributed by atoms with Gasteiger partial charge in [-0.1, -0.05) is 0 Å². The van der Waals surface area contributed by atoms with Crippen molar-refractivity contribution in [1.82, 2.24) is 0 Å². The molecule has 1 aliphatic heterocycles. The van der Waals surface area contributed by atoms with Gasteiger partial charge in [0.2, 0.25) is 5.91 Å². The van der Waals surface area contributed by atoms with Gasteiger partial charge in [-0.2, -0.15) is 8.42 Å². The molecule has 0 fully saturated rings. The van der Waals surface area contributed by atoms with E-state index in [-0.39, 0.29) is 22.6 Å². The Kier molecular flexibility index (Phi) is 4.24. The van der Waals surface area contributed by atoms with Crippen molar-refractivity contribution in [3.63, 3.8) is 0 Å². The maximum absolute atomic E-state index is 13.2. The molecule has 8 heteroatoms. The first-order valence-corrected chi connectivity index (χ1v) is 8.92. The first-order valence-electron chi connectivity index (χ1n) is 7.51. The van der Waals surface area contributed by atoms with E-state index in [2.05, 4.69) is 0 Å². The van der Waals surface area contributed by atoms with Gasteiger partial charge in [0, 0.05) is 24.7 Å². The van der Waals surface area contributed by atoms with Crippen molar-refractivity contribution in [1.29, 1.82) is 0 Å². The van der Waals surface area contributed by atoms with E-state index in [1.165, 1.54) is 19.1 Å². The van der Waals surface area contributed by atoms with E-state index in [1.807, 2.05) is 6.92 Å². The lowest BCUT2D eigenvalue weighted by atomic mass is 10.1. The largest absolute Gasteiger partial charge is 0.379 e.